The van der Waals surface area contributed by atoms with Gasteiger partial charge in [-0.15, -0.1) is 0 Å². The second kappa shape index (κ2) is 4.76. The molecule has 0 saturated heterocycles. The van der Waals surface area contributed by atoms with Crippen LogP contribution in [0.25, 0.3) is 10.4 Å². The first-order chi connectivity index (χ1) is 7.63. The van der Waals surface area contributed by atoms with E-state index in [0.717, 1.165) is 12.1 Å². The van der Waals surface area contributed by atoms with Crippen molar-refractivity contribution in [2.24, 2.45) is 5.11 Å². The van der Waals surface area contributed by atoms with Crippen molar-refractivity contribution in [1.82, 2.24) is 0 Å². The van der Waals surface area contributed by atoms with Crippen molar-refractivity contribution in [2.75, 3.05) is 7.11 Å². The van der Waals surface area contributed by atoms with E-state index in [1.54, 1.807) is 0 Å². The van der Waals surface area contributed by atoms with Gasteiger partial charge in [0, 0.05) is 16.5 Å². The molecule has 0 heterocycles. The Bertz CT molecular complexity index is 493. The Labute approximate surface area is 89.2 Å². The number of hydrogen-bond acceptors (Lipinski definition) is 5. The van der Waals surface area contributed by atoms with Gasteiger partial charge in [-0.1, -0.05) is 5.11 Å². The van der Waals surface area contributed by atoms with E-state index in [1.807, 2.05) is 0 Å². The molecule has 8 heteroatoms. The van der Waals surface area contributed by atoms with Crippen LogP contribution < -0.4 is 4.74 Å². The van der Waals surface area contributed by atoms with Crippen molar-refractivity contribution in [3.63, 3.8) is 0 Å². The highest BCUT2D eigenvalue weighted by molar-refractivity contribution is 5.87. The number of rotatable bonds is 4. The predicted molar refractivity (Wildman–Crippen MR) is 53.8 cm³/mol. The number of nitro groups is 1. The van der Waals surface area contributed by atoms with E-state index < -0.39 is 4.92 Å². The fourth-order valence-electron chi connectivity index (χ4n) is 1.12. The molecule has 0 spiro atoms. The van der Waals surface area contributed by atoms with Gasteiger partial charge in [-0.2, -0.15) is 0 Å². The van der Waals surface area contributed by atoms with Gasteiger partial charge >= 0.3 is 0 Å². The zero-order chi connectivity index (χ0) is 12.1. The molecule has 1 aromatic rings. The molecule has 1 aromatic carbocycles. The van der Waals surface area contributed by atoms with Gasteiger partial charge in [0.15, 0.2) is 6.29 Å². The molecular formula is C8H6N4O4. The lowest BCUT2D eigenvalue weighted by atomic mass is 10.1. The van der Waals surface area contributed by atoms with Crippen molar-refractivity contribution < 1.29 is 14.5 Å². The Morgan fingerprint density at radius 3 is 2.75 bits per heavy atom. The minimum Gasteiger partial charge on any atom is -0.496 e. The second-order valence-corrected chi connectivity index (χ2v) is 2.65. The zero-order valence-electron chi connectivity index (χ0n) is 8.15. The van der Waals surface area contributed by atoms with Gasteiger partial charge in [-0.3, -0.25) is 14.9 Å². The van der Waals surface area contributed by atoms with E-state index in [1.165, 1.54) is 7.11 Å². The Morgan fingerprint density at radius 2 is 2.31 bits per heavy atom. The molecule has 0 radical (unpaired) electrons. The number of aldehydes is 1. The molecule has 16 heavy (non-hydrogen) atoms. The molecule has 0 unspecified atom stereocenters. The summed E-state index contributed by atoms with van der Waals surface area (Å²) in [6, 6.07) is 2.09. The standard InChI is InChI=1S/C8H6N4O4/c1-16-7-3-6(12(14)15)2-5(4-13)8(7)10-11-9/h2-4H,1H3. The Morgan fingerprint density at radius 1 is 1.62 bits per heavy atom. The van der Waals surface area contributed by atoms with Crippen molar-refractivity contribution >= 4 is 17.7 Å². The van der Waals surface area contributed by atoms with Crippen LogP contribution in [0.5, 0.6) is 5.75 Å². The van der Waals surface area contributed by atoms with Crippen LogP contribution in [-0.2, 0) is 0 Å². The number of benzene rings is 1. The molecule has 0 amide bonds. The van der Waals surface area contributed by atoms with Gasteiger partial charge in [0.05, 0.1) is 23.8 Å². The summed E-state index contributed by atoms with van der Waals surface area (Å²) in [5.74, 6) is -0.0194. The van der Waals surface area contributed by atoms with Crippen LogP contribution >= 0.6 is 0 Å². The van der Waals surface area contributed by atoms with Crippen LogP contribution in [0.15, 0.2) is 17.2 Å². The predicted octanol–water partition coefficient (Wildman–Crippen LogP) is 2.36. The molecule has 0 bridgehead atoms. The summed E-state index contributed by atoms with van der Waals surface area (Å²) >= 11 is 0. The Balaban J connectivity index is 3.54. The van der Waals surface area contributed by atoms with Crippen molar-refractivity contribution in [3.8, 4) is 5.75 Å². The van der Waals surface area contributed by atoms with Crippen LogP contribution in [-0.4, -0.2) is 18.3 Å². The lowest BCUT2D eigenvalue weighted by Crippen LogP contribution is -1.94. The first-order valence-electron chi connectivity index (χ1n) is 4.00. The van der Waals surface area contributed by atoms with Crippen molar-refractivity contribution in [2.45, 2.75) is 0 Å². The molecule has 0 aromatic heterocycles. The first kappa shape index (κ1) is 11.5. The first-order valence-corrected chi connectivity index (χ1v) is 4.00. The molecule has 0 aliphatic carbocycles. The van der Waals surface area contributed by atoms with Gasteiger partial charge in [0.25, 0.3) is 5.69 Å². The quantitative estimate of drug-likeness (QED) is 0.194. The maximum Gasteiger partial charge on any atom is 0.273 e. The highest BCUT2D eigenvalue weighted by atomic mass is 16.6. The summed E-state index contributed by atoms with van der Waals surface area (Å²) in [6.07, 6.45) is 0.361. The number of nitrogens with zero attached hydrogens (tertiary/aromatic N) is 4. The molecule has 0 aliphatic rings. The number of ether oxygens (including phenoxy) is 1. The lowest BCUT2D eigenvalue weighted by molar-refractivity contribution is -0.384. The van der Waals surface area contributed by atoms with E-state index in [2.05, 4.69) is 10.0 Å². The van der Waals surface area contributed by atoms with E-state index in [9.17, 15) is 14.9 Å². The highest BCUT2D eigenvalue weighted by Gasteiger charge is 2.15. The number of carbonyl (C=O) groups excluding carboxylic acids is 1. The maximum atomic E-state index is 10.7. The second-order valence-electron chi connectivity index (χ2n) is 2.65. The number of non-ortho nitro benzene ring substituents is 1. The fraction of sp³-hybridized carbons (Fsp3) is 0.125. The van der Waals surface area contributed by atoms with Crippen LogP contribution in [0.3, 0.4) is 0 Å². The van der Waals surface area contributed by atoms with Gasteiger partial charge in [0.2, 0.25) is 0 Å². The molecule has 0 fully saturated rings. The van der Waals surface area contributed by atoms with Crippen LogP contribution in [0, 0.1) is 10.1 Å². The van der Waals surface area contributed by atoms with Crippen molar-refractivity contribution in [3.05, 3.63) is 38.3 Å². The van der Waals surface area contributed by atoms with Crippen LogP contribution in [0.2, 0.25) is 0 Å². The SMILES string of the molecule is COc1cc([N+](=O)[O-])cc(C=O)c1N=[N+]=[N-]. The summed E-state index contributed by atoms with van der Waals surface area (Å²) in [4.78, 5) is 23.1. The number of nitro benzene ring substituents is 1. The normalized spacial score (nSPS) is 9.06. The van der Waals surface area contributed by atoms with Gasteiger partial charge < -0.3 is 4.74 Å². The molecule has 0 atom stereocenters. The van der Waals surface area contributed by atoms with E-state index in [-0.39, 0.29) is 22.7 Å². The maximum absolute atomic E-state index is 10.7. The summed E-state index contributed by atoms with van der Waals surface area (Å²) in [6.45, 7) is 0. The van der Waals surface area contributed by atoms with Crippen LogP contribution in [0.1, 0.15) is 10.4 Å². The smallest absolute Gasteiger partial charge is 0.273 e. The highest BCUT2D eigenvalue weighted by Crippen LogP contribution is 2.34. The van der Waals surface area contributed by atoms with Gasteiger partial charge in [0.1, 0.15) is 5.75 Å². The van der Waals surface area contributed by atoms with Gasteiger partial charge in [-0.05, 0) is 5.53 Å². The Kier molecular flexibility index (Phi) is 3.41. The minimum atomic E-state index is -0.671. The molecule has 82 valence electrons. The molecule has 8 nitrogen and oxygen atoms in total. The average molecular weight is 222 g/mol. The largest absolute Gasteiger partial charge is 0.496 e. The summed E-state index contributed by atoms with van der Waals surface area (Å²) in [5, 5.41) is 13.8. The van der Waals surface area contributed by atoms with E-state index in [0.29, 0.717) is 6.29 Å². The monoisotopic (exact) mass is 222 g/mol. The third-order valence-corrected chi connectivity index (χ3v) is 1.79. The number of carbonyl (C=O) groups is 1. The number of hydrogen-bond donors (Lipinski definition) is 0. The third-order valence-electron chi connectivity index (χ3n) is 1.79. The summed E-state index contributed by atoms with van der Waals surface area (Å²) in [7, 11) is 1.25. The number of azide groups is 1. The van der Waals surface area contributed by atoms with E-state index in [4.69, 9.17) is 10.3 Å². The van der Waals surface area contributed by atoms with E-state index >= 15 is 0 Å². The molecule has 0 saturated carbocycles. The fourth-order valence-corrected chi connectivity index (χ4v) is 1.12. The molecule has 0 N–H and O–H groups in total. The summed E-state index contributed by atoms with van der Waals surface area (Å²) < 4.78 is 4.80. The molecule has 0 aliphatic heterocycles. The van der Waals surface area contributed by atoms with Gasteiger partial charge in [-0.25, -0.2) is 0 Å². The third kappa shape index (κ3) is 2.07. The van der Waals surface area contributed by atoms with Crippen molar-refractivity contribution in [1.29, 1.82) is 0 Å². The summed E-state index contributed by atoms with van der Waals surface area (Å²) in [5.41, 5.74) is 7.82. The van der Waals surface area contributed by atoms with Crippen LogP contribution in [0.4, 0.5) is 11.4 Å². The molecular weight excluding hydrogens is 216 g/mol. The minimum absolute atomic E-state index is 0.0194. The molecule has 1 rings (SSSR count). The topological polar surface area (TPSA) is 118 Å². The average Bonchev–Trinajstić information content (AvgIpc) is 2.29. The number of methoxy groups -OCH3 is 1. The Hall–Kier alpha value is -2.60. The lowest BCUT2D eigenvalue weighted by Gasteiger charge is -2.05. The zero-order valence-corrected chi connectivity index (χ0v) is 8.15.